The van der Waals surface area contributed by atoms with Crippen molar-refractivity contribution in [2.75, 3.05) is 6.54 Å². The predicted molar refractivity (Wildman–Crippen MR) is 96.6 cm³/mol. The second-order valence-electron chi connectivity index (χ2n) is 6.15. The first-order valence-corrected chi connectivity index (χ1v) is 8.07. The number of rotatable bonds is 4. The predicted octanol–water partition coefficient (Wildman–Crippen LogP) is 3.02. The van der Waals surface area contributed by atoms with Gasteiger partial charge in [-0.25, -0.2) is 0 Å². The Bertz CT molecular complexity index is 937. The molecule has 0 bridgehead atoms. The number of carbonyl (C=O) groups is 1. The van der Waals surface area contributed by atoms with Gasteiger partial charge in [0.1, 0.15) is 5.75 Å². The van der Waals surface area contributed by atoms with Crippen LogP contribution in [-0.2, 0) is 0 Å². The summed E-state index contributed by atoms with van der Waals surface area (Å²) in [6, 6.07) is 13.9. The minimum absolute atomic E-state index is 0.0525. The molecule has 0 spiro atoms. The molecule has 1 atom stereocenters. The highest BCUT2D eigenvalue weighted by atomic mass is 16.3. The van der Waals surface area contributed by atoms with Crippen LogP contribution in [0, 0.1) is 13.8 Å². The van der Waals surface area contributed by atoms with Gasteiger partial charge in [-0.3, -0.25) is 9.78 Å². The van der Waals surface area contributed by atoms with Crippen molar-refractivity contribution in [2.45, 2.75) is 20.0 Å². The minimum Gasteiger partial charge on any atom is -0.508 e. The zero-order valence-corrected chi connectivity index (χ0v) is 14.2. The first kappa shape index (κ1) is 16.9. The molecule has 0 aliphatic rings. The van der Waals surface area contributed by atoms with Crippen molar-refractivity contribution in [2.24, 2.45) is 0 Å². The summed E-state index contributed by atoms with van der Waals surface area (Å²) >= 11 is 0. The lowest BCUT2D eigenvalue weighted by Gasteiger charge is -2.14. The van der Waals surface area contributed by atoms with Crippen molar-refractivity contribution < 1.29 is 15.0 Å². The molecule has 0 saturated heterocycles. The van der Waals surface area contributed by atoms with E-state index in [1.165, 1.54) is 12.1 Å². The van der Waals surface area contributed by atoms with E-state index in [4.69, 9.17) is 0 Å². The molecule has 128 valence electrons. The Labute approximate surface area is 146 Å². The normalized spacial score (nSPS) is 12.1. The maximum atomic E-state index is 12.6. The van der Waals surface area contributed by atoms with E-state index in [-0.39, 0.29) is 18.2 Å². The van der Waals surface area contributed by atoms with Crippen LogP contribution in [0.4, 0.5) is 0 Å². The SMILES string of the molecule is Cc1ccc2nc(C)cc(C(=O)NCC(O)c3cccc(O)c3)c2c1. The smallest absolute Gasteiger partial charge is 0.252 e. The molecule has 3 rings (SSSR count). The van der Waals surface area contributed by atoms with Gasteiger partial charge in [0.15, 0.2) is 0 Å². The van der Waals surface area contributed by atoms with Crippen molar-refractivity contribution in [3.8, 4) is 5.75 Å². The van der Waals surface area contributed by atoms with Crippen LogP contribution in [0.3, 0.4) is 0 Å². The summed E-state index contributed by atoms with van der Waals surface area (Å²) in [5.41, 5.74) is 3.66. The lowest BCUT2D eigenvalue weighted by molar-refractivity contribution is 0.0918. The van der Waals surface area contributed by atoms with Crippen molar-refractivity contribution in [3.05, 3.63) is 70.9 Å². The molecule has 2 aromatic carbocycles. The van der Waals surface area contributed by atoms with E-state index in [2.05, 4.69) is 10.3 Å². The van der Waals surface area contributed by atoms with Crippen LogP contribution >= 0.6 is 0 Å². The molecule has 1 amide bonds. The van der Waals surface area contributed by atoms with Gasteiger partial charge >= 0.3 is 0 Å². The Balaban J connectivity index is 1.82. The largest absolute Gasteiger partial charge is 0.508 e. The van der Waals surface area contributed by atoms with Gasteiger partial charge < -0.3 is 15.5 Å². The number of aryl methyl sites for hydroxylation is 2. The summed E-state index contributed by atoms with van der Waals surface area (Å²) < 4.78 is 0. The number of pyridine rings is 1. The van der Waals surface area contributed by atoms with Crippen molar-refractivity contribution in [3.63, 3.8) is 0 Å². The number of carbonyl (C=O) groups excluding carboxylic acids is 1. The number of aliphatic hydroxyl groups excluding tert-OH is 1. The highest BCUT2D eigenvalue weighted by molar-refractivity contribution is 6.06. The first-order chi connectivity index (χ1) is 11.9. The number of benzene rings is 2. The zero-order valence-electron chi connectivity index (χ0n) is 14.2. The number of aliphatic hydroxyl groups is 1. The third-order valence-electron chi connectivity index (χ3n) is 4.05. The zero-order chi connectivity index (χ0) is 18.0. The fourth-order valence-corrected chi connectivity index (χ4v) is 2.79. The highest BCUT2D eigenvalue weighted by Crippen LogP contribution is 2.21. The molecule has 1 unspecified atom stereocenters. The van der Waals surface area contributed by atoms with E-state index in [1.54, 1.807) is 18.2 Å². The van der Waals surface area contributed by atoms with Crippen LogP contribution in [0.25, 0.3) is 10.9 Å². The average Bonchev–Trinajstić information content (AvgIpc) is 2.59. The summed E-state index contributed by atoms with van der Waals surface area (Å²) in [6.45, 7) is 3.86. The van der Waals surface area contributed by atoms with E-state index in [0.717, 1.165) is 22.2 Å². The second kappa shape index (κ2) is 6.91. The molecule has 1 heterocycles. The number of nitrogens with zero attached hydrogens (tertiary/aromatic N) is 1. The third-order valence-corrected chi connectivity index (χ3v) is 4.05. The van der Waals surface area contributed by atoms with Crippen LogP contribution in [0.1, 0.15) is 33.3 Å². The number of phenols is 1. The molecule has 0 radical (unpaired) electrons. The molecule has 0 aliphatic carbocycles. The van der Waals surface area contributed by atoms with Crippen molar-refractivity contribution >= 4 is 16.8 Å². The molecule has 3 N–H and O–H groups in total. The number of nitrogens with one attached hydrogen (secondary N) is 1. The van der Waals surface area contributed by atoms with Gasteiger partial charge in [0.25, 0.3) is 5.91 Å². The number of fused-ring (bicyclic) bond motifs is 1. The molecule has 1 aromatic heterocycles. The van der Waals surface area contributed by atoms with E-state index < -0.39 is 6.10 Å². The van der Waals surface area contributed by atoms with Crippen LogP contribution < -0.4 is 5.32 Å². The molecule has 0 aliphatic heterocycles. The molecule has 25 heavy (non-hydrogen) atoms. The fourth-order valence-electron chi connectivity index (χ4n) is 2.79. The number of hydrogen-bond donors (Lipinski definition) is 3. The van der Waals surface area contributed by atoms with Gasteiger partial charge in [-0.2, -0.15) is 0 Å². The molecule has 0 saturated carbocycles. The molecular formula is C20H20N2O3. The van der Waals surface area contributed by atoms with Gasteiger partial charge in [-0.1, -0.05) is 23.8 Å². The topological polar surface area (TPSA) is 82.5 Å². The second-order valence-corrected chi connectivity index (χ2v) is 6.15. The summed E-state index contributed by atoms with van der Waals surface area (Å²) in [7, 11) is 0. The van der Waals surface area contributed by atoms with Crippen molar-refractivity contribution in [1.29, 1.82) is 0 Å². The first-order valence-electron chi connectivity index (χ1n) is 8.07. The number of phenolic OH excluding ortho intramolecular Hbond substituents is 1. The van der Waals surface area contributed by atoms with Crippen LogP contribution in [-0.4, -0.2) is 27.6 Å². The number of aromatic hydroxyl groups is 1. The van der Waals surface area contributed by atoms with Gasteiger partial charge in [0.05, 0.1) is 17.2 Å². The Morgan fingerprint density at radius 1 is 1.16 bits per heavy atom. The molecule has 5 heteroatoms. The quantitative estimate of drug-likeness (QED) is 0.684. The maximum Gasteiger partial charge on any atom is 0.252 e. The summed E-state index contributed by atoms with van der Waals surface area (Å²) in [5, 5.41) is 23.2. The van der Waals surface area contributed by atoms with E-state index in [0.29, 0.717) is 11.1 Å². The monoisotopic (exact) mass is 336 g/mol. The molecule has 3 aromatic rings. The molecule has 5 nitrogen and oxygen atoms in total. The van der Waals surface area contributed by atoms with E-state index in [9.17, 15) is 15.0 Å². The van der Waals surface area contributed by atoms with Gasteiger partial charge in [-0.15, -0.1) is 0 Å². The van der Waals surface area contributed by atoms with Crippen LogP contribution in [0.5, 0.6) is 5.75 Å². The highest BCUT2D eigenvalue weighted by Gasteiger charge is 2.15. The van der Waals surface area contributed by atoms with Gasteiger partial charge in [-0.05, 0) is 49.7 Å². The Kier molecular flexibility index (Phi) is 4.67. The van der Waals surface area contributed by atoms with E-state index in [1.807, 2.05) is 32.0 Å². The number of amides is 1. The summed E-state index contributed by atoms with van der Waals surface area (Å²) in [5.74, 6) is -0.186. The molecular weight excluding hydrogens is 316 g/mol. The molecule has 0 fully saturated rings. The third kappa shape index (κ3) is 3.78. The van der Waals surface area contributed by atoms with Gasteiger partial charge in [0, 0.05) is 17.6 Å². The lowest BCUT2D eigenvalue weighted by Crippen LogP contribution is -2.28. The van der Waals surface area contributed by atoms with Gasteiger partial charge in [0.2, 0.25) is 0 Å². The van der Waals surface area contributed by atoms with Crippen molar-refractivity contribution in [1.82, 2.24) is 10.3 Å². The number of hydrogen-bond acceptors (Lipinski definition) is 4. The van der Waals surface area contributed by atoms with Crippen LogP contribution in [0.15, 0.2) is 48.5 Å². The Morgan fingerprint density at radius 2 is 1.96 bits per heavy atom. The number of aromatic nitrogens is 1. The van der Waals surface area contributed by atoms with Crippen LogP contribution in [0.2, 0.25) is 0 Å². The Morgan fingerprint density at radius 3 is 2.72 bits per heavy atom. The Hall–Kier alpha value is -2.92. The van der Waals surface area contributed by atoms with E-state index >= 15 is 0 Å². The summed E-state index contributed by atoms with van der Waals surface area (Å²) in [6.07, 6.45) is -0.896. The fraction of sp³-hybridized carbons (Fsp3) is 0.200. The lowest BCUT2D eigenvalue weighted by atomic mass is 10.0. The minimum atomic E-state index is -0.896. The summed E-state index contributed by atoms with van der Waals surface area (Å²) in [4.78, 5) is 17.1. The maximum absolute atomic E-state index is 12.6. The average molecular weight is 336 g/mol. The standard InChI is InChI=1S/C20H20N2O3/c1-12-6-7-18-16(8-12)17(9-13(2)22-18)20(25)21-11-19(24)14-4-3-5-15(23)10-14/h3-10,19,23-24H,11H2,1-2H3,(H,21,25).